The van der Waals surface area contributed by atoms with Crippen LogP contribution in [0.4, 0.5) is 0 Å². The van der Waals surface area contributed by atoms with E-state index in [4.69, 9.17) is 4.74 Å². The van der Waals surface area contributed by atoms with Crippen LogP contribution in [0.1, 0.15) is 63.9 Å². The molecule has 3 heteroatoms. The Kier molecular flexibility index (Phi) is 10.7. The van der Waals surface area contributed by atoms with Crippen LogP contribution in [-0.2, 0) is 11.3 Å². The van der Waals surface area contributed by atoms with E-state index in [9.17, 15) is 0 Å². The second-order valence-electron chi connectivity index (χ2n) is 5.28. The van der Waals surface area contributed by atoms with Crippen molar-refractivity contribution in [1.29, 1.82) is 0 Å². The zero-order valence-corrected chi connectivity index (χ0v) is 15.6. The first-order valence-electron chi connectivity index (χ1n) is 7.75. The largest absolute Gasteiger partial charge is 0.377 e. The number of hydrogen-bond donors (Lipinski definition) is 0. The lowest BCUT2D eigenvalue weighted by molar-refractivity contribution is 0.116. The zero-order valence-electron chi connectivity index (χ0n) is 12.5. The minimum absolute atomic E-state index is 0.711. The molecule has 1 aromatic rings. The maximum absolute atomic E-state index is 5.72. The standard InChI is InChI=1S/C17H26Br2O/c1-2-3-4-5-6-7-8-9-12-20-14-15-10-11-16(18)17(19)13-15/h10-11,13H,2-9,12,14H2,1H3. The van der Waals surface area contributed by atoms with Crippen LogP contribution in [0.15, 0.2) is 27.1 Å². The molecule has 0 aliphatic carbocycles. The first kappa shape index (κ1) is 18.2. The predicted molar refractivity (Wildman–Crippen MR) is 94.1 cm³/mol. The van der Waals surface area contributed by atoms with Gasteiger partial charge in [-0.15, -0.1) is 0 Å². The Hall–Kier alpha value is 0.140. The highest BCUT2D eigenvalue weighted by atomic mass is 79.9. The summed E-state index contributed by atoms with van der Waals surface area (Å²) >= 11 is 6.99. The third-order valence-electron chi connectivity index (χ3n) is 3.39. The lowest BCUT2D eigenvalue weighted by Crippen LogP contribution is -1.96. The molecule has 0 atom stereocenters. The van der Waals surface area contributed by atoms with Crippen molar-refractivity contribution < 1.29 is 4.74 Å². The van der Waals surface area contributed by atoms with Crippen molar-refractivity contribution in [3.63, 3.8) is 0 Å². The van der Waals surface area contributed by atoms with Crippen molar-refractivity contribution in [3.05, 3.63) is 32.7 Å². The van der Waals surface area contributed by atoms with Gasteiger partial charge in [-0.1, -0.05) is 57.9 Å². The average molecular weight is 406 g/mol. The Morgan fingerprint density at radius 1 is 0.850 bits per heavy atom. The van der Waals surface area contributed by atoms with Gasteiger partial charge in [0.15, 0.2) is 0 Å². The van der Waals surface area contributed by atoms with Crippen LogP contribution < -0.4 is 0 Å². The van der Waals surface area contributed by atoms with Gasteiger partial charge in [-0.3, -0.25) is 0 Å². The quantitative estimate of drug-likeness (QED) is 0.365. The molecule has 0 fully saturated rings. The molecule has 20 heavy (non-hydrogen) atoms. The highest BCUT2D eigenvalue weighted by Gasteiger charge is 1.99. The average Bonchev–Trinajstić information content (AvgIpc) is 2.45. The molecule has 0 aliphatic rings. The van der Waals surface area contributed by atoms with Gasteiger partial charge >= 0.3 is 0 Å². The van der Waals surface area contributed by atoms with Gasteiger partial charge in [-0.05, 0) is 56.0 Å². The van der Waals surface area contributed by atoms with E-state index in [0.29, 0.717) is 6.61 Å². The van der Waals surface area contributed by atoms with Crippen molar-refractivity contribution in [2.24, 2.45) is 0 Å². The fourth-order valence-electron chi connectivity index (χ4n) is 2.16. The molecule has 0 saturated carbocycles. The second kappa shape index (κ2) is 11.8. The number of rotatable bonds is 11. The summed E-state index contributed by atoms with van der Waals surface area (Å²) in [6, 6.07) is 6.26. The van der Waals surface area contributed by atoms with Crippen LogP contribution in [0.5, 0.6) is 0 Å². The monoisotopic (exact) mass is 404 g/mol. The van der Waals surface area contributed by atoms with E-state index in [0.717, 1.165) is 15.6 Å². The van der Waals surface area contributed by atoms with Crippen LogP contribution in [0.25, 0.3) is 0 Å². The molecule has 114 valence electrons. The van der Waals surface area contributed by atoms with E-state index in [-0.39, 0.29) is 0 Å². The zero-order chi connectivity index (χ0) is 14.6. The molecule has 0 amide bonds. The van der Waals surface area contributed by atoms with E-state index < -0.39 is 0 Å². The summed E-state index contributed by atoms with van der Waals surface area (Å²) in [5, 5.41) is 0. The van der Waals surface area contributed by atoms with Crippen molar-refractivity contribution >= 4 is 31.9 Å². The first-order valence-corrected chi connectivity index (χ1v) is 9.34. The molecule has 0 N–H and O–H groups in total. The number of ether oxygens (including phenoxy) is 1. The Labute approximate surface area is 140 Å². The van der Waals surface area contributed by atoms with Crippen molar-refractivity contribution in [3.8, 4) is 0 Å². The molecule has 0 aliphatic heterocycles. The summed E-state index contributed by atoms with van der Waals surface area (Å²) < 4.78 is 7.90. The van der Waals surface area contributed by atoms with Gasteiger partial charge in [0, 0.05) is 15.6 Å². The van der Waals surface area contributed by atoms with Crippen LogP contribution in [0, 0.1) is 0 Å². The molecule has 0 heterocycles. The highest BCUT2D eigenvalue weighted by Crippen LogP contribution is 2.24. The normalized spacial score (nSPS) is 10.9. The van der Waals surface area contributed by atoms with Crippen LogP contribution in [0.3, 0.4) is 0 Å². The third kappa shape index (κ3) is 8.43. The third-order valence-corrected chi connectivity index (χ3v) is 5.27. The topological polar surface area (TPSA) is 9.23 Å². The van der Waals surface area contributed by atoms with E-state index in [2.05, 4.69) is 57.0 Å². The SMILES string of the molecule is CCCCCCCCCCOCc1ccc(Br)c(Br)c1. The molecule has 0 aromatic heterocycles. The maximum Gasteiger partial charge on any atom is 0.0717 e. The summed E-state index contributed by atoms with van der Waals surface area (Å²) in [5.74, 6) is 0. The Morgan fingerprint density at radius 2 is 1.50 bits per heavy atom. The predicted octanol–water partition coefficient (Wildman–Crippen LogP) is 6.87. The fraction of sp³-hybridized carbons (Fsp3) is 0.647. The van der Waals surface area contributed by atoms with Gasteiger partial charge in [0.25, 0.3) is 0 Å². The van der Waals surface area contributed by atoms with Crippen molar-refractivity contribution in [1.82, 2.24) is 0 Å². The molecule has 0 unspecified atom stereocenters. The Bertz CT molecular complexity index is 366. The maximum atomic E-state index is 5.72. The lowest BCUT2D eigenvalue weighted by Gasteiger charge is -2.06. The molecular formula is C17H26Br2O. The Balaban J connectivity index is 1.95. The van der Waals surface area contributed by atoms with Crippen molar-refractivity contribution in [2.45, 2.75) is 64.9 Å². The minimum Gasteiger partial charge on any atom is -0.377 e. The van der Waals surface area contributed by atoms with E-state index >= 15 is 0 Å². The van der Waals surface area contributed by atoms with Gasteiger partial charge in [-0.2, -0.15) is 0 Å². The summed E-state index contributed by atoms with van der Waals surface area (Å²) in [6.07, 6.45) is 10.8. The number of hydrogen-bond acceptors (Lipinski definition) is 1. The minimum atomic E-state index is 0.711. The molecule has 1 rings (SSSR count). The van der Waals surface area contributed by atoms with Crippen LogP contribution >= 0.6 is 31.9 Å². The molecule has 0 spiro atoms. The van der Waals surface area contributed by atoms with Crippen LogP contribution in [0.2, 0.25) is 0 Å². The highest BCUT2D eigenvalue weighted by molar-refractivity contribution is 9.13. The van der Waals surface area contributed by atoms with Crippen LogP contribution in [-0.4, -0.2) is 6.61 Å². The summed E-state index contributed by atoms with van der Waals surface area (Å²) in [7, 11) is 0. The van der Waals surface area contributed by atoms with Gasteiger partial charge in [0.05, 0.1) is 6.61 Å². The number of benzene rings is 1. The Morgan fingerprint density at radius 3 is 2.15 bits per heavy atom. The molecule has 1 aromatic carbocycles. The molecule has 0 radical (unpaired) electrons. The van der Waals surface area contributed by atoms with Gasteiger partial charge in [-0.25, -0.2) is 0 Å². The van der Waals surface area contributed by atoms with Crippen molar-refractivity contribution in [2.75, 3.05) is 6.61 Å². The summed E-state index contributed by atoms with van der Waals surface area (Å²) in [4.78, 5) is 0. The number of unbranched alkanes of at least 4 members (excludes halogenated alkanes) is 7. The molecular weight excluding hydrogens is 380 g/mol. The van der Waals surface area contributed by atoms with E-state index in [1.807, 2.05) is 0 Å². The first-order chi connectivity index (χ1) is 9.74. The lowest BCUT2D eigenvalue weighted by atomic mass is 10.1. The smallest absolute Gasteiger partial charge is 0.0717 e. The van der Waals surface area contributed by atoms with E-state index in [1.54, 1.807) is 0 Å². The molecule has 0 saturated heterocycles. The van der Waals surface area contributed by atoms with Gasteiger partial charge < -0.3 is 4.74 Å². The fourth-order valence-corrected chi connectivity index (χ4v) is 2.83. The van der Waals surface area contributed by atoms with Gasteiger partial charge in [0.1, 0.15) is 0 Å². The second-order valence-corrected chi connectivity index (χ2v) is 6.98. The molecule has 1 nitrogen and oxygen atoms in total. The molecule has 0 bridgehead atoms. The van der Waals surface area contributed by atoms with Gasteiger partial charge in [0.2, 0.25) is 0 Å². The summed E-state index contributed by atoms with van der Waals surface area (Å²) in [5.41, 5.74) is 1.22. The summed E-state index contributed by atoms with van der Waals surface area (Å²) in [6.45, 7) is 3.85. The number of halogens is 2. The van der Waals surface area contributed by atoms with E-state index in [1.165, 1.54) is 56.9 Å².